The number of alkyl halides is 1. The molecule has 3 aromatic rings. The SMILES string of the molecule is C=C(Nc1nc2ncc(-c3ccc4c(c3)CN(C(=O)N3CCC(C)(CF)CC3)CCO4)cc2[nH]1)OC. The molecule has 2 aromatic heterocycles. The Morgan fingerprint density at radius 3 is 2.81 bits per heavy atom. The molecule has 10 heteroatoms. The van der Waals surface area contributed by atoms with E-state index in [0.717, 1.165) is 28.0 Å². The first-order chi connectivity index (χ1) is 17.4. The molecule has 0 unspecified atom stereocenters. The van der Waals surface area contributed by atoms with Gasteiger partial charge in [-0.15, -0.1) is 0 Å². The maximum Gasteiger partial charge on any atom is 0.320 e. The summed E-state index contributed by atoms with van der Waals surface area (Å²) in [5.74, 6) is 1.65. The van der Waals surface area contributed by atoms with E-state index in [4.69, 9.17) is 9.47 Å². The van der Waals surface area contributed by atoms with E-state index in [1.165, 1.54) is 7.11 Å². The lowest BCUT2D eigenvalue weighted by molar-refractivity contribution is 0.0862. The van der Waals surface area contributed by atoms with Crippen molar-refractivity contribution in [2.45, 2.75) is 26.3 Å². The van der Waals surface area contributed by atoms with Gasteiger partial charge in [-0.1, -0.05) is 13.0 Å². The van der Waals surface area contributed by atoms with Crippen LogP contribution in [0.4, 0.5) is 15.1 Å². The summed E-state index contributed by atoms with van der Waals surface area (Å²) < 4.78 is 24.3. The van der Waals surface area contributed by atoms with Gasteiger partial charge in [-0.2, -0.15) is 4.98 Å². The number of piperidine rings is 1. The minimum absolute atomic E-state index is 0.0176. The first-order valence-corrected chi connectivity index (χ1v) is 12.1. The number of H-pyrrole nitrogens is 1. The zero-order chi connectivity index (χ0) is 25.3. The van der Waals surface area contributed by atoms with E-state index in [1.54, 1.807) is 6.20 Å². The van der Waals surface area contributed by atoms with Crippen LogP contribution in [0.15, 0.2) is 42.9 Å². The molecule has 0 radical (unpaired) electrons. The zero-order valence-corrected chi connectivity index (χ0v) is 20.6. The molecule has 1 saturated heterocycles. The normalized spacial score (nSPS) is 17.2. The number of fused-ring (bicyclic) bond motifs is 2. The van der Waals surface area contributed by atoms with Gasteiger partial charge in [0.2, 0.25) is 5.95 Å². The summed E-state index contributed by atoms with van der Waals surface area (Å²) in [5, 5.41) is 2.94. The fourth-order valence-corrected chi connectivity index (χ4v) is 4.61. The van der Waals surface area contributed by atoms with Gasteiger partial charge in [-0.25, -0.2) is 9.78 Å². The lowest BCUT2D eigenvalue weighted by Gasteiger charge is -2.39. The molecule has 2 aliphatic heterocycles. The van der Waals surface area contributed by atoms with Crippen LogP contribution in [0.25, 0.3) is 22.3 Å². The second-order valence-corrected chi connectivity index (χ2v) is 9.74. The first kappa shape index (κ1) is 23.9. The number of hydrogen-bond acceptors (Lipinski definition) is 6. The van der Waals surface area contributed by atoms with E-state index in [9.17, 15) is 9.18 Å². The molecule has 0 saturated carbocycles. The molecule has 1 fully saturated rings. The van der Waals surface area contributed by atoms with Crippen LogP contribution in [0.5, 0.6) is 5.75 Å². The summed E-state index contributed by atoms with van der Waals surface area (Å²) in [6.07, 6.45) is 3.14. The number of benzene rings is 1. The van der Waals surface area contributed by atoms with Crippen LogP contribution in [-0.2, 0) is 11.3 Å². The van der Waals surface area contributed by atoms with Gasteiger partial charge in [-0.3, -0.25) is 9.71 Å². The Labute approximate surface area is 209 Å². The molecule has 0 aliphatic carbocycles. The maximum atomic E-state index is 13.3. The molecule has 0 bridgehead atoms. The van der Waals surface area contributed by atoms with E-state index in [0.29, 0.717) is 63.1 Å². The third-order valence-electron chi connectivity index (χ3n) is 7.05. The molecule has 9 nitrogen and oxygen atoms in total. The number of imidazole rings is 1. The third-order valence-corrected chi connectivity index (χ3v) is 7.05. The molecule has 5 rings (SSSR count). The van der Waals surface area contributed by atoms with Crippen molar-refractivity contribution in [3.05, 3.63) is 48.5 Å². The molecule has 2 amide bonds. The largest absolute Gasteiger partial charge is 0.491 e. The Balaban J connectivity index is 1.34. The van der Waals surface area contributed by atoms with E-state index >= 15 is 0 Å². The van der Waals surface area contributed by atoms with Gasteiger partial charge >= 0.3 is 6.03 Å². The number of pyridine rings is 1. The Morgan fingerprint density at radius 2 is 2.06 bits per heavy atom. The molecule has 1 aromatic carbocycles. The molecule has 190 valence electrons. The lowest BCUT2D eigenvalue weighted by atomic mass is 9.82. The van der Waals surface area contributed by atoms with Gasteiger partial charge in [0.05, 0.1) is 32.4 Å². The molecular formula is C26H31FN6O3. The summed E-state index contributed by atoms with van der Waals surface area (Å²) >= 11 is 0. The highest BCUT2D eigenvalue weighted by Crippen LogP contribution is 2.33. The van der Waals surface area contributed by atoms with E-state index in [2.05, 4.69) is 26.8 Å². The van der Waals surface area contributed by atoms with E-state index in [1.807, 2.05) is 41.0 Å². The fourth-order valence-electron chi connectivity index (χ4n) is 4.61. The fraction of sp³-hybridized carbons (Fsp3) is 0.423. The number of hydrogen-bond donors (Lipinski definition) is 2. The number of methoxy groups -OCH3 is 1. The summed E-state index contributed by atoms with van der Waals surface area (Å²) in [4.78, 5) is 29.0. The Morgan fingerprint density at radius 1 is 1.25 bits per heavy atom. The van der Waals surface area contributed by atoms with Crippen LogP contribution in [0.1, 0.15) is 25.3 Å². The molecule has 0 atom stereocenters. The number of aromatic amines is 1. The van der Waals surface area contributed by atoms with E-state index in [-0.39, 0.29) is 18.1 Å². The topological polar surface area (TPSA) is 95.6 Å². The number of ether oxygens (including phenoxy) is 2. The number of carbonyl (C=O) groups excluding carboxylic acids is 1. The highest BCUT2D eigenvalue weighted by atomic mass is 19.1. The maximum absolute atomic E-state index is 13.3. The monoisotopic (exact) mass is 494 g/mol. The molecule has 36 heavy (non-hydrogen) atoms. The highest BCUT2D eigenvalue weighted by molar-refractivity contribution is 5.80. The predicted octanol–water partition coefficient (Wildman–Crippen LogP) is 4.54. The zero-order valence-electron chi connectivity index (χ0n) is 20.6. The number of urea groups is 1. The molecule has 2 N–H and O–H groups in total. The summed E-state index contributed by atoms with van der Waals surface area (Å²) in [6.45, 7) is 7.89. The number of amides is 2. The number of nitrogens with one attached hydrogen (secondary N) is 2. The van der Waals surface area contributed by atoms with Gasteiger partial charge in [0, 0.05) is 30.4 Å². The van der Waals surface area contributed by atoms with Crippen molar-refractivity contribution in [3.8, 4) is 16.9 Å². The average molecular weight is 495 g/mol. The van der Waals surface area contributed by atoms with Crippen LogP contribution in [0.2, 0.25) is 0 Å². The van der Waals surface area contributed by atoms with Crippen LogP contribution in [-0.4, -0.2) is 70.8 Å². The van der Waals surface area contributed by atoms with Crippen molar-refractivity contribution in [2.24, 2.45) is 5.41 Å². The summed E-state index contributed by atoms with van der Waals surface area (Å²) in [7, 11) is 1.53. The minimum atomic E-state index is -0.345. The van der Waals surface area contributed by atoms with Crippen molar-refractivity contribution in [1.82, 2.24) is 24.8 Å². The number of nitrogens with zero attached hydrogens (tertiary/aromatic N) is 4. The second-order valence-electron chi connectivity index (χ2n) is 9.74. The lowest BCUT2D eigenvalue weighted by Crippen LogP contribution is -2.49. The van der Waals surface area contributed by atoms with Gasteiger partial charge < -0.3 is 24.3 Å². The summed E-state index contributed by atoms with van der Waals surface area (Å²) in [5.41, 5.74) is 3.83. The smallest absolute Gasteiger partial charge is 0.320 e. The number of aromatic nitrogens is 3. The number of anilines is 1. The van der Waals surface area contributed by atoms with Crippen LogP contribution >= 0.6 is 0 Å². The van der Waals surface area contributed by atoms with Gasteiger partial charge in [0.15, 0.2) is 11.5 Å². The van der Waals surface area contributed by atoms with Crippen molar-refractivity contribution in [3.63, 3.8) is 0 Å². The van der Waals surface area contributed by atoms with Crippen LogP contribution in [0.3, 0.4) is 0 Å². The van der Waals surface area contributed by atoms with Crippen molar-refractivity contribution in [2.75, 3.05) is 45.3 Å². The van der Waals surface area contributed by atoms with Gasteiger partial charge in [0.1, 0.15) is 12.4 Å². The number of carbonyl (C=O) groups is 1. The number of rotatable bonds is 5. The van der Waals surface area contributed by atoms with Crippen LogP contribution in [0, 0.1) is 5.41 Å². The van der Waals surface area contributed by atoms with E-state index < -0.39 is 0 Å². The standard InChI is InChI=1S/C26H31FN6O3/c1-17(35-3)29-24-30-21-13-19(14-28-23(21)31-24)18-4-5-22-20(12-18)15-33(10-11-36-22)25(34)32-8-6-26(2,16-27)7-9-32/h4-5,12-14H,1,6-11,15-16H2,2-3H3,(H2,28,29,30,31). The van der Waals surface area contributed by atoms with Gasteiger partial charge in [-0.05, 0) is 48.6 Å². The van der Waals surface area contributed by atoms with Crippen molar-refractivity contribution < 1.29 is 18.7 Å². The molecule has 0 spiro atoms. The quantitative estimate of drug-likeness (QED) is 0.506. The Hall–Kier alpha value is -3.82. The Bertz CT molecular complexity index is 1280. The number of likely N-dealkylation sites (tertiary alicyclic amines) is 1. The average Bonchev–Trinajstić information content (AvgIpc) is 3.17. The number of halogens is 1. The molecule has 2 aliphatic rings. The highest BCUT2D eigenvalue weighted by Gasteiger charge is 2.34. The van der Waals surface area contributed by atoms with Crippen LogP contribution < -0.4 is 10.1 Å². The predicted molar refractivity (Wildman–Crippen MR) is 135 cm³/mol. The Kier molecular flexibility index (Phi) is 6.42. The summed E-state index contributed by atoms with van der Waals surface area (Å²) in [6, 6.07) is 7.94. The minimum Gasteiger partial charge on any atom is -0.491 e. The molecule has 4 heterocycles. The van der Waals surface area contributed by atoms with Crippen molar-refractivity contribution >= 4 is 23.1 Å². The van der Waals surface area contributed by atoms with Crippen molar-refractivity contribution in [1.29, 1.82) is 0 Å². The second kappa shape index (κ2) is 9.67. The first-order valence-electron chi connectivity index (χ1n) is 12.1. The molecular weight excluding hydrogens is 463 g/mol. The third kappa shape index (κ3) is 4.80. The van der Waals surface area contributed by atoms with Gasteiger partial charge in [0.25, 0.3) is 0 Å².